The minimum atomic E-state index is 0.307. The summed E-state index contributed by atoms with van der Waals surface area (Å²) >= 11 is 0. The first kappa shape index (κ1) is 9.06. The van der Waals surface area contributed by atoms with Crippen molar-refractivity contribution >= 4 is 6.29 Å². The van der Waals surface area contributed by atoms with Crippen molar-refractivity contribution in [3.05, 3.63) is 23.8 Å². The maximum Gasteiger partial charge on any atom is 0.153 e. The maximum absolute atomic E-state index is 10.8. The highest BCUT2D eigenvalue weighted by Crippen LogP contribution is 2.30. The van der Waals surface area contributed by atoms with Crippen LogP contribution in [0.2, 0.25) is 0 Å². The number of ether oxygens (including phenoxy) is 2. The Kier molecular flexibility index (Phi) is 2.39. The van der Waals surface area contributed by atoms with E-state index in [4.69, 9.17) is 9.47 Å². The summed E-state index contributed by atoms with van der Waals surface area (Å²) in [5.41, 5.74) is 0.552. The highest BCUT2D eigenvalue weighted by molar-refractivity contribution is 5.80. The second kappa shape index (κ2) is 3.70. The molecule has 2 rings (SSSR count). The Morgan fingerprint density at radius 3 is 2.79 bits per heavy atom. The predicted octanol–water partition coefficient (Wildman–Crippen LogP) is 2.05. The lowest BCUT2D eigenvalue weighted by molar-refractivity contribution is 0.111. The quantitative estimate of drug-likeness (QED) is 0.685. The maximum atomic E-state index is 10.8. The lowest BCUT2D eigenvalue weighted by Crippen LogP contribution is -1.99. The SMILES string of the molecule is COc1ccc(OC2CC2)c(C=O)c1. The van der Waals surface area contributed by atoms with Gasteiger partial charge < -0.3 is 9.47 Å². The Morgan fingerprint density at radius 2 is 2.21 bits per heavy atom. The van der Waals surface area contributed by atoms with Crippen molar-refractivity contribution in [2.24, 2.45) is 0 Å². The van der Waals surface area contributed by atoms with Crippen molar-refractivity contribution < 1.29 is 14.3 Å². The third-order valence-corrected chi connectivity index (χ3v) is 2.16. The van der Waals surface area contributed by atoms with Gasteiger partial charge in [0.05, 0.1) is 18.8 Å². The molecule has 1 aromatic carbocycles. The van der Waals surface area contributed by atoms with Crippen molar-refractivity contribution in [2.75, 3.05) is 7.11 Å². The average molecular weight is 192 g/mol. The summed E-state index contributed by atoms with van der Waals surface area (Å²) in [6.45, 7) is 0. The first-order valence-corrected chi connectivity index (χ1v) is 4.63. The van der Waals surface area contributed by atoms with Crippen LogP contribution < -0.4 is 9.47 Å². The van der Waals surface area contributed by atoms with Gasteiger partial charge in [0.1, 0.15) is 11.5 Å². The molecule has 0 atom stereocenters. The first-order valence-electron chi connectivity index (χ1n) is 4.63. The van der Waals surface area contributed by atoms with Gasteiger partial charge in [-0.15, -0.1) is 0 Å². The van der Waals surface area contributed by atoms with Crippen molar-refractivity contribution in [3.63, 3.8) is 0 Å². The number of benzene rings is 1. The first-order chi connectivity index (χ1) is 6.83. The highest BCUT2D eigenvalue weighted by Gasteiger charge is 2.24. The molecule has 3 heteroatoms. The fourth-order valence-electron chi connectivity index (χ4n) is 1.22. The van der Waals surface area contributed by atoms with Crippen molar-refractivity contribution in [2.45, 2.75) is 18.9 Å². The van der Waals surface area contributed by atoms with Crippen LogP contribution in [-0.2, 0) is 0 Å². The van der Waals surface area contributed by atoms with Crippen LogP contribution in [0.25, 0.3) is 0 Å². The summed E-state index contributed by atoms with van der Waals surface area (Å²) in [6.07, 6.45) is 3.27. The molecule has 1 saturated carbocycles. The molecule has 0 unspecified atom stereocenters. The molecule has 0 amide bonds. The topological polar surface area (TPSA) is 35.5 Å². The molecule has 0 N–H and O–H groups in total. The van der Waals surface area contributed by atoms with E-state index in [1.54, 1.807) is 25.3 Å². The summed E-state index contributed by atoms with van der Waals surface area (Å²) in [7, 11) is 1.57. The van der Waals surface area contributed by atoms with Gasteiger partial charge in [0, 0.05) is 0 Å². The Hall–Kier alpha value is -1.51. The molecule has 0 aliphatic heterocycles. The molecule has 3 nitrogen and oxygen atoms in total. The molecule has 0 aromatic heterocycles. The minimum Gasteiger partial charge on any atom is -0.497 e. The van der Waals surface area contributed by atoms with Crippen LogP contribution in [0, 0.1) is 0 Å². The van der Waals surface area contributed by atoms with Crippen LogP contribution in [0.3, 0.4) is 0 Å². The molecule has 1 aromatic rings. The number of methoxy groups -OCH3 is 1. The van der Waals surface area contributed by atoms with Gasteiger partial charge in [-0.3, -0.25) is 4.79 Å². The number of carbonyl (C=O) groups excluding carboxylic acids is 1. The van der Waals surface area contributed by atoms with Gasteiger partial charge in [-0.2, -0.15) is 0 Å². The molecule has 1 aliphatic rings. The Labute approximate surface area is 82.6 Å². The van der Waals surface area contributed by atoms with E-state index in [9.17, 15) is 4.79 Å². The molecule has 14 heavy (non-hydrogen) atoms. The smallest absolute Gasteiger partial charge is 0.153 e. The lowest BCUT2D eigenvalue weighted by atomic mass is 10.2. The molecule has 0 radical (unpaired) electrons. The van der Waals surface area contributed by atoms with Crippen molar-refractivity contribution in [3.8, 4) is 11.5 Å². The standard InChI is InChI=1S/C11H12O3/c1-13-10-4-5-11(8(6-10)7-12)14-9-2-3-9/h4-7,9H,2-3H2,1H3. The zero-order valence-electron chi connectivity index (χ0n) is 8.03. The number of aldehydes is 1. The van der Waals surface area contributed by atoms with Gasteiger partial charge >= 0.3 is 0 Å². The lowest BCUT2D eigenvalue weighted by Gasteiger charge is -2.08. The van der Waals surface area contributed by atoms with Crippen LogP contribution in [-0.4, -0.2) is 19.5 Å². The van der Waals surface area contributed by atoms with Crippen LogP contribution >= 0.6 is 0 Å². The van der Waals surface area contributed by atoms with E-state index in [1.807, 2.05) is 0 Å². The van der Waals surface area contributed by atoms with E-state index < -0.39 is 0 Å². The largest absolute Gasteiger partial charge is 0.497 e. The van der Waals surface area contributed by atoms with Gasteiger partial charge in [0.15, 0.2) is 6.29 Å². The second-order valence-corrected chi connectivity index (χ2v) is 3.34. The third kappa shape index (κ3) is 1.87. The molecule has 0 spiro atoms. The summed E-state index contributed by atoms with van der Waals surface area (Å²) in [4.78, 5) is 10.8. The fraction of sp³-hybridized carbons (Fsp3) is 0.364. The van der Waals surface area contributed by atoms with Crippen molar-refractivity contribution in [1.82, 2.24) is 0 Å². The fourth-order valence-corrected chi connectivity index (χ4v) is 1.22. The van der Waals surface area contributed by atoms with E-state index in [2.05, 4.69) is 0 Å². The summed E-state index contributed by atoms with van der Waals surface area (Å²) in [5, 5.41) is 0. The van der Waals surface area contributed by atoms with Gasteiger partial charge in [0.25, 0.3) is 0 Å². The minimum absolute atomic E-state index is 0.307. The summed E-state index contributed by atoms with van der Waals surface area (Å²) < 4.78 is 10.6. The Morgan fingerprint density at radius 1 is 1.43 bits per heavy atom. The van der Waals surface area contributed by atoms with E-state index in [0.717, 1.165) is 19.1 Å². The number of hydrogen-bond acceptors (Lipinski definition) is 3. The monoisotopic (exact) mass is 192 g/mol. The average Bonchev–Trinajstić information content (AvgIpc) is 3.02. The molecular formula is C11H12O3. The van der Waals surface area contributed by atoms with Crippen molar-refractivity contribution in [1.29, 1.82) is 0 Å². The summed E-state index contributed by atoms with van der Waals surface area (Å²) in [6, 6.07) is 5.26. The van der Waals surface area contributed by atoms with Gasteiger partial charge in [-0.25, -0.2) is 0 Å². The highest BCUT2D eigenvalue weighted by atomic mass is 16.5. The zero-order valence-corrected chi connectivity index (χ0v) is 8.03. The van der Waals surface area contributed by atoms with E-state index in [0.29, 0.717) is 23.2 Å². The molecule has 0 saturated heterocycles. The predicted molar refractivity (Wildman–Crippen MR) is 52.0 cm³/mol. The van der Waals surface area contributed by atoms with Gasteiger partial charge in [0.2, 0.25) is 0 Å². The Bertz CT molecular complexity index is 342. The van der Waals surface area contributed by atoms with Gasteiger partial charge in [-0.05, 0) is 31.0 Å². The number of hydrogen-bond donors (Lipinski definition) is 0. The van der Waals surface area contributed by atoms with Crippen LogP contribution in [0.4, 0.5) is 0 Å². The van der Waals surface area contributed by atoms with Crippen LogP contribution in [0.15, 0.2) is 18.2 Å². The molecule has 1 aliphatic carbocycles. The van der Waals surface area contributed by atoms with Gasteiger partial charge in [-0.1, -0.05) is 0 Å². The normalized spacial score (nSPS) is 14.9. The molecule has 1 fully saturated rings. The van der Waals surface area contributed by atoms with Crippen LogP contribution in [0.1, 0.15) is 23.2 Å². The van der Waals surface area contributed by atoms with E-state index >= 15 is 0 Å². The van der Waals surface area contributed by atoms with Crippen LogP contribution in [0.5, 0.6) is 11.5 Å². The van der Waals surface area contributed by atoms with E-state index in [-0.39, 0.29) is 0 Å². The summed E-state index contributed by atoms with van der Waals surface area (Å²) in [5.74, 6) is 1.33. The number of rotatable bonds is 4. The molecule has 0 bridgehead atoms. The zero-order chi connectivity index (χ0) is 9.97. The Balaban J connectivity index is 2.23. The third-order valence-electron chi connectivity index (χ3n) is 2.16. The molecular weight excluding hydrogens is 180 g/mol. The second-order valence-electron chi connectivity index (χ2n) is 3.34. The molecule has 0 heterocycles. The molecule has 74 valence electrons. The number of carbonyl (C=O) groups is 1. The van der Waals surface area contributed by atoms with E-state index in [1.165, 1.54) is 0 Å².